The quantitative estimate of drug-likeness (QED) is 0.576. The fourth-order valence-corrected chi connectivity index (χ4v) is 1.55. The van der Waals surface area contributed by atoms with Crippen molar-refractivity contribution in [3.8, 4) is 0 Å². The first-order valence-electron chi connectivity index (χ1n) is 6.18. The zero-order chi connectivity index (χ0) is 10.2. The molecule has 0 bridgehead atoms. The molecule has 2 heteroatoms. The molecule has 1 unspecified atom stereocenters. The van der Waals surface area contributed by atoms with Gasteiger partial charge in [0, 0.05) is 12.6 Å². The highest BCUT2D eigenvalue weighted by Crippen LogP contribution is 2.32. The molecule has 0 amide bonds. The van der Waals surface area contributed by atoms with Crippen LogP contribution in [0.25, 0.3) is 0 Å². The molecule has 84 valence electrons. The molecule has 1 saturated carbocycles. The van der Waals surface area contributed by atoms with Gasteiger partial charge in [0.25, 0.3) is 0 Å². The van der Waals surface area contributed by atoms with E-state index in [1.165, 1.54) is 32.1 Å². The first kappa shape index (κ1) is 12.0. The zero-order valence-corrected chi connectivity index (χ0v) is 9.72. The normalized spacial score (nSPS) is 18.4. The molecule has 14 heavy (non-hydrogen) atoms. The summed E-state index contributed by atoms with van der Waals surface area (Å²) in [5.74, 6) is 0.999. The Morgan fingerprint density at radius 1 is 1.36 bits per heavy atom. The second kappa shape index (κ2) is 7.24. The number of rotatable bonds is 9. The van der Waals surface area contributed by atoms with Crippen LogP contribution in [0.3, 0.4) is 0 Å². The van der Waals surface area contributed by atoms with Crippen molar-refractivity contribution in [1.82, 2.24) is 5.32 Å². The van der Waals surface area contributed by atoms with Gasteiger partial charge < -0.3 is 10.1 Å². The third-order valence-electron chi connectivity index (χ3n) is 2.86. The lowest BCUT2D eigenvalue weighted by Gasteiger charge is -2.16. The third-order valence-corrected chi connectivity index (χ3v) is 2.86. The molecule has 0 spiro atoms. The van der Waals surface area contributed by atoms with Crippen LogP contribution in [-0.4, -0.2) is 25.8 Å². The summed E-state index contributed by atoms with van der Waals surface area (Å²) >= 11 is 0. The predicted octanol–water partition coefficient (Wildman–Crippen LogP) is 2.58. The van der Waals surface area contributed by atoms with Gasteiger partial charge in [-0.2, -0.15) is 0 Å². The van der Waals surface area contributed by atoms with Gasteiger partial charge in [0.15, 0.2) is 0 Å². The van der Waals surface area contributed by atoms with Crippen LogP contribution >= 0.6 is 0 Å². The van der Waals surface area contributed by atoms with Gasteiger partial charge in [0.05, 0.1) is 6.61 Å². The smallest absolute Gasteiger partial charge is 0.0619 e. The van der Waals surface area contributed by atoms with Crippen molar-refractivity contribution < 1.29 is 4.74 Å². The minimum Gasteiger partial charge on any atom is -0.380 e. The molecule has 0 heterocycles. The Kier molecular flexibility index (Phi) is 6.20. The molecule has 1 aliphatic rings. The van der Waals surface area contributed by atoms with Crippen molar-refractivity contribution in [2.45, 2.75) is 52.0 Å². The molecule has 1 atom stereocenters. The lowest BCUT2D eigenvalue weighted by atomic mass is 10.2. The van der Waals surface area contributed by atoms with Gasteiger partial charge in [-0.3, -0.25) is 0 Å². The van der Waals surface area contributed by atoms with E-state index in [-0.39, 0.29) is 0 Å². The van der Waals surface area contributed by atoms with E-state index in [9.17, 15) is 0 Å². The maximum Gasteiger partial charge on any atom is 0.0619 e. The molecule has 0 radical (unpaired) electrons. The minimum absolute atomic E-state index is 0.564. The van der Waals surface area contributed by atoms with Gasteiger partial charge in [-0.15, -0.1) is 0 Å². The fraction of sp³-hybridized carbons (Fsp3) is 1.00. The van der Waals surface area contributed by atoms with Crippen molar-refractivity contribution >= 4 is 0 Å². The lowest BCUT2D eigenvalue weighted by Crippen LogP contribution is -2.33. The third kappa shape index (κ3) is 5.61. The molecule has 0 aromatic rings. The first-order chi connectivity index (χ1) is 6.86. The van der Waals surface area contributed by atoms with Gasteiger partial charge in [-0.1, -0.05) is 26.7 Å². The molecule has 1 aliphatic carbocycles. The maximum absolute atomic E-state index is 5.67. The number of hydrogen-bond acceptors (Lipinski definition) is 2. The summed E-state index contributed by atoms with van der Waals surface area (Å²) in [5, 5.41) is 3.50. The molecule has 0 saturated heterocycles. The van der Waals surface area contributed by atoms with Crippen molar-refractivity contribution in [3.63, 3.8) is 0 Å². The van der Waals surface area contributed by atoms with Gasteiger partial charge in [-0.25, -0.2) is 0 Å². The predicted molar refractivity (Wildman–Crippen MR) is 60.5 cm³/mol. The number of hydrogen-bond donors (Lipinski definition) is 1. The van der Waals surface area contributed by atoms with Crippen molar-refractivity contribution in [1.29, 1.82) is 0 Å². The topological polar surface area (TPSA) is 21.3 Å². The highest BCUT2D eigenvalue weighted by Gasteiger charge is 2.20. The summed E-state index contributed by atoms with van der Waals surface area (Å²) in [6, 6.07) is 0.564. The Balaban J connectivity index is 1.89. The monoisotopic (exact) mass is 199 g/mol. The van der Waals surface area contributed by atoms with E-state index in [2.05, 4.69) is 19.2 Å². The molecular weight excluding hydrogens is 174 g/mol. The molecule has 1 rings (SSSR count). The molecule has 0 aromatic carbocycles. The Morgan fingerprint density at radius 3 is 2.71 bits per heavy atom. The lowest BCUT2D eigenvalue weighted by molar-refractivity contribution is 0.105. The van der Waals surface area contributed by atoms with Crippen LogP contribution < -0.4 is 5.32 Å². The van der Waals surface area contributed by atoms with Crippen LogP contribution in [0.15, 0.2) is 0 Å². The van der Waals surface area contributed by atoms with E-state index in [0.29, 0.717) is 6.04 Å². The van der Waals surface area contributed by atoms with Crippen LogP contribution in [0.5, 0.6) is 0 Å². The molecule has 2 nitrogen and oxygen atoms in total. The summed E-state index contributed by atoms with van der Waals surface area (Å²) in [6.45, 7) is 7.40. The van der Waals surface area contributed by atoms with Crippen molar-refractivity contribution in [3.05, 3.63) is 0 Å². The molecule has 0 aromatic heterocycles. The first-order valence-corrected chi connectivity index (χ1v) is 6.18. The van der Waals surface area contributed by atoms with Crippen molar-refractivity contribution in [2.75, 3.05) is 19.8 Å². The molecule has 0 aliphatic heterocycles. The van der Waals surface area contributed by atoms with Crippen LogP contribution in [0, 0.1) is 5.92 Å². The van der Waals surface area contributed by atoms with Gasteiger partial charge in [-0.05, 0) is 31.7 Å². The van der Waals surface area contributed by atoms with Crippen LogP contribution in [0.1, 0.15) is 46.0 Å². The average molecular weight is 199 g/mol. The number of nitrogens with one attached hydrogen (secondary N) is 1. The average Bonchev–Trinajstić information content (AvgIpc) is 3.01. The van der Waals surface area contributed by atoms with Crippen LogP contribution in [0.2, 0.25) is 0 Å². The van der Waals surface area contributed by atoms with Gasteiger partial charge in [0.2, 0.25) is 0 Å². The SMILES string of the molecule is CCCNC(CC)COCCC1CC1. The second-order valence-electron chi connectivity index (χ2n) is 4.37. The van der Waals surface area contributed by atoms with Crippen LogP contribution in [0.4, 0.5) is 0 Å². The minimum atomic E-state index is 0.564. The van der Waals surface area contributed by atoms with Crippen LogP contribution in [-0.2, 0) is 4.74 Å². The van der Waals surface area contributed by atoms with Crippen molar-refractivity contribution in [2.24, 2.45) is 5.92 Å². The second-order valence-corrected chi connectivity index (χ2v) is 4.37. The largest absolute Gasteiger partial charge is 0.380 e. The standard InChI is InChI=1S/C12H25NO/c1-3-8-13-12(4-2)10-14-9-7-11-5-6-11/h11-13H,3-10H2,1-2H3. The Bertz CT molecular complexity index is 134. The molecule has 1 N–H and O–H groups in total. The van der Waals surface area contributed by atoms with Gasteiger partial charge in [0.1, 0.15) is 0 Å². The Hall–Kier alpha value is -0.0800. The summed E-state index contributed by atoms with van der Waals surface area (Å²) < 4.78 is 5.67. The summed E-state index contributed by atoms with van der Waals surface area (Å²) in [4.78, 5) is 0. The highest BCUT2D eigenvalue weighted by atomic mass is 16.5. The zero-order valence-electron chi connectivity index (χ0n) is 9.72. The van der Waals surface area contributed by atoms with E-state index >= 15 is 0 Å². The summed E-state index contributed by atoms with van der Waals surface area (Å²) in [6.07, 6.45) is 6.54. The summed E-state index contributed by atoms with van der Waals surface area (Å²) in [5.41, 5.74) is 0. The Morgan fingerprint density at radius 2 is 2.14 bits per heavy atom. The molecular formula is C12H25NO. The van der Waals surface area contributed by atoms with Gasteiger partial charge >= 0.3 is 0 Å². The summed E-state index contributed by atoms with van der Waals surface area (Å²) in [7, 11) is 0. The highest BCUT2D eigenvalue weighted by molar-refractivity contribution is 4.72. The Labute approximate surface area is 88.4 Å². The molecule has 1 fully saturated rings. The fourth-order valence-electron chi connectivity index (χ4n) is 1.55. The van der Waals surface area contributed by atoms with E-state index < -0.39 is 0 Å². The number of ether oxygens (including phenoxy) is 1. The van der Waals surface area contributed by atoms with E-state index in [0.717, 1.165) is 25.7 Å². The van der Waals surface area contributed by atoms with E-state index in [1.54, 1.807) is 0 Å². The van der Waals surface area contributed by atoms with E-state index in [4.69, 9.17) is 4.74 Å². The van der Waals surface area contributed by atoms with E-state index in [1.807, 2.05) is 0 Å². The maximum atomic E-state index is 5.67.